The van der Waals surface area contributed by atoms with Gasteiger partial charge in [-0.15, -0.1) is 0 Å². The van der Waals surface area contributed by atoms with Crippen molar-refractivity contribution in [2.24, 2.45) is 5.10 Å². The first-order valence-corrected chi connectivity index (χ1v) is 8.17. The predicted octanol–water partition coefficient (Wildman–Crippen LogP) is 3.96. The maximum atomic E-state index is 11.9. The van der Waals surface area contributed by atoms with Gasteiger partial charge in [-0.2, -0.15) is 5.10 Å². The number of aryl methyl sites for hydroxylation is 2. The van der Waals surface area contributed by atoms with E-state index in [1.807, 2.05) is 39.0 Å². The molecule has 2 rings (SSSR count). The van der Waals surface area contributed by atoms with E-state index in [0.717, 1.165) is 26.7 Å². The number of thioether (sulfide) groups is 1. The molecule has 4 nitrogen and oxygen atoms in total. The molecule has 22 heavy (non-hydrogen) atoms. The minimum absolute atomic E-state index is 0.323. The number of benzene rings is 1. The molecule has 0 atom stereocenters. The highest BCUT2D eigenvalue weighted by molar-refractivity contribution is 8.19. The topological polar surface area (TPSA) is 41.9 Å². The number of hydrogen-bond acceptors (Lipinski definition) is 6. The number of esters is 1. The van der Waals surface area contributed by atoms with Gasteiger partial charge in [0.1, 0.15) is 5.03 Å². The lowest BCUT2D eigenvalue weighted by atomic mass is 10.1. The first-order valence-electron chi connectivity index (χ1n) is 6.95. The summed E-state index contributed by atoms with van der Waals surface area (Å²) in [5.41, 5.74) is 3.18. The summed E-state index contributed by atoms with van der Waals surface area (Å²) in [7, 11) is 0. The second-order valence-electron chi connectivity index (χ2n) is 4.98. The molecular weight excluding hydrogens is 316 g/mol. The molecule has 1 aromatic rings. The Labute approximate surface area is 140 Å². The summed E-state index contributed by atoms with van der Waals surface area (Å²) < 4.78 is 5.03. The molecule has 1 aromatic carbocycles. The molecule has 0 spiro atoms. The van der Waals surface area contributed by atoms with Crippen molar-refractivity contribution in [2.45, 2.75) is 27.7 Å². The van der Waals surface area contributed by atoms with Crippen LogP contribution in [-0.4, -0.2) is 22.5 Å². The molecule has 1 aliphatic heterocycles. The van der Waals surface area contributed by atoms with E-state index in [9.17, 15) is 4.79 Å². The minimum atomic E-state index is -0.410. The van der Waals surface area contributed by atoms with E-state index in [0.29, 0.717) is 11.7 Å². The first kappa shape index (κ1) is 16.7. The van der Waals surface area contributed by atoms with Crippen LogP contribution in [0.1, 0.15) is 25.0 Å². The third kappa shape index (κ3) is 3.96. The van der Waals surface area contributed by atoms with Crippen molar-refractivity contribution in [3.63, 3.8) is 0 Å². The van der Waals surface area contributed by atoms with Gasteiger partial charge in [0.05, 0.1) is 12.3 Å². The van der Waals surface area contributed by atoms with Crippen LogP contribution in [0.4, 0.5) is 5.69 Å². The zero-order valence-electron chi connectivity index (χ0n) is 13.0. The Bertz CT molecular complexity index is 660. The zero-order valence-corrected chi connectivity index (χ0v) is 14.7. The fraction of sp³-hybridized carbons (Fsp3) is 0.312. The molecule has 6 heteroatoms. The monoisotopic (exact) mass is 334 g/mol. The summed E-state index contributed by atoms with van der Waals surface area (Å²) in [6.45, 7) is 8.00. The number of carbonyl (C=O) groups is 1. The Morgan fingerprint density at radius 3 is 2.55 bits per heavy atom. The van der Waals surface area contributed by atoms with E-state index in [1.54, 1.807) is 11.9 Å². The van der Waals surface area contributed by atoms with Crippen molar-refractivity contribution in [1.82, 2.24) is 0 Å². The Balaban J connectivity index is 2.42. The van der Waals surface area contributed by atoms with Crippen LogP contribution >= 0.6 is 24.0 Å². The van der Waals surface area contributed by atoms with Crippen molar-refractivity contribution in [3.8, 4) is 0 Å². The summed E-state index contributed by atoms with van der Waals surface area (Å²) in [6.07, 6.45) is 1.84. The molecule has 0 aliphatic carbocycles. The van der Waals surface area contributed by atoms with Crippen molar-refractivity contribution in [1.29, 1.82) is 0 Å². The van der Waals surface area contributed by atoms with E-state index >= 15 is 0 Å². The Hall–Kier alpha value is -1.66. The largest absolute Gasteiger partial charge is 0.461 e. The molecule has 0 saturated heterocycles. The number of thiocarbonyl (C=S) groups is 1. The van der Waals surface area contributed by atoms with Crippen LogP contribution in [0.3, 0.4) is 0 Å². The molecule has 0 aromatic heterocycles. The minimum Gasteiger partial charge on any atom is -0.461 e. The summed E-state index contributed by atoms with van der Waals surface area (Å²) in [4.78, 5) is 12.7. The number of carbonyl (C=O) groups excluding carboxylic acids is 1. The fourth-order valence-electron chi connectivity index (χ4n) is 2.10. The van der Waals surface area contributed by atoms with Gasteiger partial charge in [-0.25, -0.2) is 9.80 Å². The van der Waals surface area contributed by atoms with Crippen LogP contribution in [0.15, 0.2) is 34.4 Å². The van der Waals surface area contributed by atoms with E-state index in [-0.39, 0.29) is 0 Å². The normalized spacial score (nSPS) is 15.9. The van der Waals surface area contributed by atoms with Gasteiger partial charge < -0.3 is 4.74 Å². The SMILES string of the molecule is CCOC(=O)C1=NN(c2cc(C)cc(C)c2)/C(=C/C(C)=S)S1. The molecule has 0 unspecified atom stereocenters. The number of anilines is 1. The molecular formula is C16H18N2O2S2. The number of nitrogens with zero attached hydrogens (tertiary/aromatic N) is 2. The fourth-order valence-corrected chi connectivity index (χ4v) is 3.22. The van der Waals surface area contributed by atoms with E-state index < -0.39 is 5.97 Å². The third-order valence-electron chi connectivity index (χ3n) is 2.83. The molecule has 1 heterocycles. The molecule has 0 radical (unpaired) electrons. The van der Waals surface area contributed by atoms with Crippen LogP contribution in [0, 0.1) is 13.8 Å². The van der Waals surface area contributed by atoms with Crippen molar-refractivity contribution >= 4 is 45.5 Å². The number of rotatable bonds is 4. The summed E-state index contributed by atoms with van der Waals surface area (Å²) >= 11 is 6.44. The highest BCUT2D eigenvalue weighted by Gasteiger charge is 2.28. The molecule has 0 bridgehead atoms. The standard InChI is InChI=1S/C16H18N2O2S2/c1-5-20-16(19)15-17-18(14(22-15)9-12(4)21)13-7-10(2)6-11(3)8-13/h6-9H,5H2,1-4H3/b14-9-. The van der Waals surface area contributed by atoms with Gasteiger partial charge in [0.2, 0.25) is 5.04 Å². The highest BCUT2D eigenvalue weighted by atomic mass is 32.2. The molecule has 116 valence electrons. The number of allylic oxidation sites excluding steroid dienone is 1. The smallest absolute Gasteiger partial charge is 0.365 e. The van der Waals surface area contributed by atoms with Gasteiger partial charge in [0.15, 0.2) is 0 Å². The number of ether oxygens (including phenoxy) is 1. The Morgan fingerprint density at radius 1 is 1.36 bits per heavy atom. The van der Waals surface area contributed by atoms with Gasteiger partial charge in [-0.3, -0.25) is 0 Å². The number of hydrazone groups is 1. The van der Waals surface area contributed by atoms with E-state index in [4.69, 9.17) is 17.0 Å². The molecule has 1 aliphatic rings. The van der Waals surface area contributed by atoms with Gasteiger partial charge in [-0.05, 0) is 68.8 Å². The summed E-state index contributed by atoms with van der Waals surface area (Å²) in [6, 6.07) is 6.14. The van der Waals surface area contributed by atoms with Crippen molar-refractivity contribution in [2.75, 3.05) is 11.6 Å². The van der Waals surface area contributed by atoms with Crippen LogP contribution in [0.5, 0.6) is 0 Å². The van der Waals surface area contributed by atoms with Crippen LogP contribution < -0.4 is 5.01 Å². The van der Waals surface area contributed by atoms with Crippen molar-refractivity contribution in [3.05, 3.63) is 40.4 Å². The Morgan fingerprint density at radius 2 is 2.00 bits per heavy atom. The lowest BCUT2D eigenvalue weighted by Gasteiger charge is -2.16. The van der Waals surface area contributed by atoms with Gasteiger partial charge in [0, 0.05) is 4.86 Å². The predicted molar refractivity (Wildman–Crippen MR) is 96.4 cm³/mol. The van der Waals surface area contributed by atoms with Gasteiger partial charge >= 0.3 is 5.97 Å². The maximum Gasteiger partial charge on any atom is 0.365 e. The van der Waals surface area contributed by atoms with Crippen LogP contribution in [0.25, 0.3) is 0 Å². The summed E-state index contributed by atoms with van der Waals surface area (Å²) in [5.74, 6) is -0.410. The average Bonchev–Trinajstić information content (AvgIpc) is 2.81. The number of hydrogen-bond donors (Lipinski definition) is 0. The third-order valence-corrected chi connectivity index (χ3v) is 3.89. The van der Waals surface area contributed by atoms with Gasteiger partial charge in [0.25, 0.3) is 0 Å². The van der Waals surface area contributed by atoms with Gasteiger partial charge in [-0.1, -0.05) is 18.3 Å². The van der Waals surface area contributed by atoms with Crippen molar-refractivity contribution < 1.29 is 9.53 Å². The summed E-state index contributed by atoms with van der Waals surface area (Å²) in [5, 5.41) is 7.28. The Kier molecular flexibility index (Phi) is 5.37. The van der Waals surface area contributed by atoms with Crippen LogP contribution in [0.2, 0.25) is 0 Å². The lowest BCUT2D eigenvalue weighted by molar-refractivity contribution is -0.134. The first-order chi connectivity index (χ1) is 10.4. The van der Waals surface area contributed by atoms with E-state index in [1.165, 1.54) is 11.8 Å². The average molecular weight is 334 g/mol. The molecule has 0 N–H and O–H groups in total. The van der Waals surface area contributed by atoms with Crippen LogP contribution in [-0.2, 0) is 9.53 Å². The highest BCUT2D eigenvalue weighted by Crippen LogP contribution is 2.35. The quantitative estimate of drug-likeness (QED) is 0.473. The molecule has 0 saturated carbocycles. The maximum absolute atomic E-state index is 11.9. The molecule has 0 amide bonds. The second kappa shape index (κ2) is 7.07. The zero-order chi connectivity index (χ0) is 16.3. The van der Waals surface area contributed by atoms with E-state index in [2.05, 4.69) is 11.2 Å². The lowest BCUT2D eigenvalue weighted by Crippen LogP contribution is -2.13. The second-order valence-corrected chi connectivity index (χ2v) is 6.63. The molecule has 0 fully saturated rings.